The Morgan fingerprint density at radius 3 is 2.24 bits per heavy atom. The van der Waals surface area contributed by atoms with Crippen molar-refractivity contribution in [3.8, 4) is 11.3 Å². The third kappa shape index (κ3) is 7.60. The molecule has 2 aromatic heterocycles. The van der Waals surface area contributed by atoms with E-state index < -0.39 is 28.1 Å². The number of nitrogens with one attached hydrogen (secondary N) is 2. The van der Waals surface area contributed by atoms with Crippen molar-refractivity contribution >= 4 is 44.1 Å². The highest BCUT2D eigenvalue weighted by atomic mass is 32.2. The van der Waals surface area contributed by atoms with E-state index in [4.69, 9.17) is 9.90 Å². The zero-order valence-electron chi connectivity index (χ0n) is 19.4. The summed E-state index contributed by atoms with van der Waals surface area (Å²) >= 11 is 1.29. The lowest BCUT2D eigenvalue weighted by Crippen LogP contribution is -2.21. The summed E-state index contributed by atoms with van der Waals surface area (Å²) in [6, 6.07) is 17.5. The van der Waals surface area contributed by atoms with Crippen LogP contribution in [0.3, 0.4) is 0 Å². The van der Waals surface area contributed by atoms with Crippen molar-refractivity contribution in [2.45, 2.75) is 18.0 Å². The number of halogens is 3. The van der Waals surface area contributed by atoms with Crippen LogP contribution in [-0.2, 0) is 14.8 Å². The van der Waals surface area contributed by atoms with Gasteiger partial charge in [-0.25, -0.2) is 18.2 Å². The molecule has 2 aromatic carbocycles. The fraction of sp³-hybridized carbons (Fsp3) is 0.0833. The van der Waals surface area contributed by atoms with Crippen LogP contribution in [0, 0.1) is 6.92 Å². The quantitative estimate of drug-likeness (QED) is 0.293. The number of thiazole rings is 1. The zero-order chi connectivity index (χ0) is 27.9. The van der Waals surface area contributed by atoms with Gasteiger partial charge < -0.3 is 5.11 Å². The topological polar surface area (TPSA) is 138 Å². The van der Waals surface area contributed by atoms with Crippen LogP contribution in [0.15, 0.2) is 83.3 Å². The van der Waals surface area contributed by atoms with Crippen molar-refractivity contribution in [1.82, 2.24) is 9.97 Å². The number of alkyl halides is 3. The van der Waals surface area contributed by atoms with E-state index in [-0.39, 0.29) is 16.1 Å². The number of aromatic nitrogens is 2. The predicted octanol–water partition coefficient (Wildman–Crippen LogP) is 5.20. The molecule has 0 aliphatic rings. The first-order valence-corrected chi connectivity index (χ1v) is 12.9. The molecule has 3 N–H and O–H groups in total. The van der Waals surface area contributed by atoms with E-state index in [0.29, 0.717) is 5.13 Å². The molecule has 0 unspecified atom stereocenters. The van der Waals surface area contributed by atoms with E-state index in [2.05, 4.69) is 20.0 Å². The molecule has 0 atom stereocenters. The second-order valence-electron chi connectivity index (χ2n) is 7.50. The van der Waals surface area contributed by atoms with Crippen LogP contribution in [0.5, 0.6) is 0 Å². The number of rotatable bonds is 6. The number of hydrogen-bond donors (Lipinski definition) is 3. The van der Waals surface area contributed by atoms with Crippen molar-refractivity contribution < 1.29 is 36.3 Å². The van der Waals surface area contributed by atoms with Crippen molar-refractivity contribution in [3.63, 3.8) is 0 Å². The number of aliphatic carboxylic acids is 1. The Morgan fingerprint density at radius 1 is 1.00 bits per heavy atom. The molecule has 14 heteroatoms. The van der Waals surface area contributed by atoms with E-state index in [9.17, 15) is 26.4 Å². The molecule has 38 heavy (non-hydrogen) atoms. The summed E-state index contributed by atoms with van der Waals surface area (Å²) < 4.78 is 59.6. The van der Waals surface area contributed by atoms with Gasteiger partial charge in [-0.05, 0) is 25.1 Å². The summed E-state index contributed by atoms with van der Waals surface area (Å²) in [4.78, 5) is 30.2. The van der Waals surface area contributed by atoms with E-state index in [1.165, 1.54) is 41.9 Å². The maximum atomic E-state index is 12.8. The predicted molar refractivity (Wildman–Crippen MR) is 135 cm³/mol. The number of carbonyl (C=O) groups excluding carboxylic acids is 1. The van der Waals surface area contributed by atoms with E-state index in [0.717, 1.165) is 16.8 Å². The number of benzene rings is 2. The van der Waals surface area contributed by atoms with Crippen LogP contribution in [0.2, 0.25) is 0 Å². The number of carbonyl (C=O) groups is 2. The average Bonchev–Trinajstić information content (AvgIpc) is 3.33. The van der Waals surface area contributed by atoms with Gasteiger partial charge in [0.25, 0.3) is 15.9 Å². The molecule has 0 bridgehead atoms. The molecule has 0 aliphatic heterocycles. The maximum absolute atomic E-state index is 12.8. The lowest BCUT2D eigenvalue weighted by atomic mass is 10.2. The Labute approximate surface area is 219 Å². The third-order valence-electron chi connectivity index (χ3n) is 4.68. The molecule has 0 saturated heterocycles. The number of pyridine rings is 1. The number of nitrogens with zero attached hydrogens (tertiary/aromatic N) is 2. The highest BCUT2D eigenvalue weighted by Crippen LogP contribution is 2.26. The van der Waals surface area contributed by atoms with Crippen molar-refractivity contribution in [1.29, 1.82) is 0 Å². The van der Waals surface area contributed by atoms with Crippen LogP contribution in [0.1, 0.15) is 15.9 Å². The molecule has 4 aromatic rings. The van der Waals surface area contributed by atoms with Gasteiger partial charge in [0.1, 0.15) is 0 Å². The second kappa shape index (κ2) is 11.8. The van der Waals surface area contributed by atoms with Gasteiger partial charge in [-0.3, -0.25) is 19.8 Å². The summed E-state index contributed by atoms with van der Waals surface area (Å²) in [6.07, 6.45) is -2.35. The highest BCUT2D eigenvalue weighted by Gasteiger charge is 2.38. The molecule has 4 rings (SSSR count). The number of anilines is 2. The van der Waals surface area contributed by atoms with Crippen molar-refractivity contribution in [2.75, 3.05) is 10.0 Å². The molecular formula is C24H19F3N4O5S2. The minimum absolute atomic E-state index is 0.0837. The summed E-state index contributed by atoms with van der Waals surface area (Å²) in [5, 5.41) is 12.1. The summed E-state index contributed by atoms with van der Waals surface area (Å²) in [5.41, 5.74) is 2.85. The number of carboxylic acid groups (broad SMARTS) is 1. The number of amides is 1. The van der Waals surface area contributed by atoms with Crippen LogP contribution in [0.25, 0.3) is 11.3 Å². The summed E-state index contributed by atoms with van der Waals surface area (Å²) in [5.74, 6) is -3.24. The van der Waals surface area contributed by atoms with Gasteiger partial charge in [0, 0.05) is 17.1 Å². The first-order chi connectivity index (χ1) is 17.9. The normalized spacial score (nSPS) is 11.2. The zero-order valence-corrected chi connectivity index (χ0v) is 21.1. The molecule has 0 radical (unpaired) electrons. The SMILES string of the molecule is Cc1ccc(S(=O)(=O)Nc2cnccc2C(=O)Nc2nc(-c3ccccc3)cs2)cc1.O=C(O)C(F)(F)F. The molecule has 2 heterocycles. The smallest absolute Gasteiger partial charge is 0.475 e. The monoisotopic (exact) mass is 564 g/mol. The Bertz CT molecular complexity index is 1520. The fourth-order valence-electron chi connectivity index (χ4n) is 2.83. The molecule has 1 amide bonds. The average molecular weight is 565 g/mol. The first-order valence-electron chi connectivity index (χ1n) is 10.5. The number of hydrogen-bond acceptors (Lipinski definition) is 7. The number of aryl methyl sites for hydroxylation is 1. The second-order valence-corrected chi connectivity index (χ2v) is 10.0. The summed E-state index contributed by atoms with van der Waals surface area (Å²) in [7, 11) is -3.87. The highest BCUT2D eigenvalue weighted by molar-refractivity contribution is 7.92. The van der Waals surface area contributed by atoms with Gasteiger partial charge in [-0.1, -0.05) is 48.0 Å². The summed E-state index contributed by atoms with van der Waals surface area (Å²) in [6.45, 7) is 1.87. The Kier molecular flexibility index (Phi) is 8.80. The lowest BCUT2D eigenvalue weighted by Gasteiger charge is -2.12. The van der Waals surface area contributed by atoms with Gasteiger partial charge >= 0.3 is 12.1 Å². The van der Waals surface area contributed by atoms with Crippen LogP contribution in [0.4, 0.5) is 24.0 Å². The number of sulfonamides is 1. The molecule has 0 spiro atoms. The molecule has 0 fully saturated rings. The van der Waals surface area contributed by atoms with Gasteiger partial charge in [0.2, 0.25) is 0 Å². The Balaban J connectivity index is 0.000000505. The largest absolute Gasteiger partial charge is 0.490 e. The molecule has 198 valence electrons. The minimum atomic E-state index is -5.08. The van der Waals surface area contributed by atoms with Gasteiger partial charge in [-0.15, -0.1) is 11.3 Å². The van der Waals surface area contributed by atoms with Gasteiger partial charge in [-0.2, -0.15) is 13.2 Å². The van der Waals surface area contributed by atoms with E-state index in [1.807, 2.05) is 42.6 Å². The van der Waals surface area contributed by atoms with Crippen molar-refractivity contribution in [2.24, 2.45) is 0 Å². The van der Waals surface area contributed by atoms with Gasteiger partial charge in [0.05, 0.1) is 28.0 Å². The Hall–Kier alpha value is -4.30. The molecule has 0 saturated carbocycles. The van der Waals surface area contributed by atoms with Crippen molar-refractivity contribution in [3.05, 3.63) is 89.6 Å². The van der Waals surface area contributed by atoms with Crippen LogP contribution >= 0.6 is 11.3 Å². The number of carboxylic acids is 1. The molecule has 9 nitrogen and oxygen atoms in total. The van der Waals surface area contributed by atoms with Gasteiger partial charge in [0.15, 0.2) is 5.13 Å². The third-order valence-corrected chi connectivity index (χ3v) is 6.82. The fourth-order valence-corrected chi connectivity index (χ4v) is 4.61. The first kappa shape index (κ1) is 28.3. The molecular weight excluding hydrogens is 545 g/mol. The minimum Gasteiger partial charge on any atom is -0.475 e. The van der Waals surface area contributed by atoms with Crippen LogP contribution < -0.4 is 10.0 Å². The Morgan fingerprint density at radius 2 is 1.63 bits per heavy atom. The van der Waals surface area contributed by atoms with E-state index in [1.54, 1.807) is 12.1 Å². The molecule has 0 aliphatic carbocycles. The maximum Gasteiger partial charge on any atom is 0.490 e. The standard InChI is InChI=1S/C22H18N4O3S2.C2HF3O2/c1-15-7-9-17(10-8-15)31(28,29)26-19-13-23-12-11-18(19)21(27)25-22-24-20(14-30-22)16-5-3-2-4-6-16;3-2(4,5)1(6)7/h2-14,26H,1H3,(H,24,25,27);(H,6,7). The van der Waals surface area contributed by atoms with Crippen LogP contribution in [-0.4, -0.2) is 41.5 Å². The van der Waals surface area contributed by atoms with E-state index >= 15 is 0 Å². The lowest BCUT2D eigenvalue weighted by molar-refractivity contribution is -0.192.